The van der Waals surface area contributed by atoms with Crippen LogP contribution in [0.4, 0.5) is 0 Å². The first-order valence-electron chi connectivity index (χ1n) is 6.15. The Morgan fingerprint density at radius 1 is 1.25 bits per heavy atom. The largest absolute Gasteiger partial charge is 0.437 e. The highest BCUT2D eigenvalue weighted by Crippen LogP contribution is 2.22. The third-order valence-electron chi connectivity index (χ3n) is 2.66. The number of primary amides is 1. The Kier molecular flexibility index (Phi) is 3.84. The van der Waals surface area contributed by atoms with Gasteiger partial charge in [-0.25, -0.2) is 4.68 Å². The van der Waals surface area contributed by atoms with E-state index in [1.54, 1.807) is 24.3 Å². The fourth-order valence-corrected chi connectivity index (χ4v) is 1.70. The van der Waals surface area contributed by atoms with Crippen molar-refractivity contribution in [2.45, 2.75) is 19.9 Å². The van der Waals surface area contributed by atoms with Gasteiger partial charge in [0.05, 0.1) is 11.6 Å². The van der Waals surface area contributed by atoms with Gasteiger partial charge in [0.25, 0.3) is 11.5 Å². The number of carbonyl (C=O) groups is 1. The number of amides is 1. The Morgan fingerprint density at radius 2 is 1.95 bits per heavy atom. The van der Waals surface area contributed by atoms with Crippen molar-refractivity contribution >= 4 is 5.91 Å². The molecule has 2 N–H and O–H groups in total. The van der Waals surface area contributed by atoms with Crippen LogP contribution < -0.4 is 16.0 Å². The zero-order valence-corrected chi connectivity index (χ0v) is 11.2. The van der Waals surface area contributed by atoms with E-state index >= 15 is 0 Å². The Hall–Kier alpha value is -2.63. The Balaban J connectivity index is 2.38. The molecule has 20 heavy (non-hydrogen) atoms. The number of aromatic nitrogens is 2. The summed E-state index contributed by atoms with van der Waals surface area (Å²) in [6.45, 7) is 3.69. The maximum Gasteiger partial charge on any atom is 0.267 e. The first kappa shape index (κ1) is 13.8. The molecule has 0 radical (unpaired) electrons. The van der Waals surface area contributed by atoms with Crippen molar-refractivity contribution in [1.82, 2.24) is 9.78 Å². The van der Waals surface area contributed by atoms with Gasteiger partial charge in [-0.15, -0.1) is 5.10 Å². The van der Waals surface area contributed by atoms with E-state index in [1.807, 2.05) is 13.8 Å². The predicted molar refractivity (Wildman–Crippen MR) is 73.9 cm³/mol. The zero-order chi connectivity index (χ0) is 14.7. The first-order valence-corrected chi connectivity index (χ1v) is 6.15. The van der Waals surface area contributed by atoms with Crippen LogP contribution in [0.5, 0.6) is 11.6 Å². The lowest BCUT2D eigenvalue weighted by atomic mass is 10.2. The van der Waals surface area contributed by atoms with Gasteiger partial charge >= 0.3 is 0 Å². The van der Waals surface area contributed by atoms with E-state index in [9.17, 15) is 9.59 Å². The quantitative estimate of drug-likeness (QED) is 0.918. The predicted octanol–water partition coefficient (Wildman–Crippen LogP) is 1.72. The molecule has 0 aliphatic rings. The summed E-state index contributed by atoms with van der Waals surface area (Å²) in [6.07, 6.45) is 0. The summed E-state index contributed by atoms with van der Waals surface area (Å²) in [5.74, 6) is -0.0498. The molecule has 0 saturated heterocycles. The summed E-state index contributed by atoms with van der Waals surface area (Å²) in [5.41, 5.74) is 5.32. The van der Waals surface area contributed by atoms with Gasteiger partial charge in [-0.2, -0.15) is 0 Å². The summed E-state index contributed by atoms with van der Waals surface area (Å²) in [6, 6.07) is 9.34. The molecule has 0 aliphatic carbocycles. The Bertz CT molecular complexity index is 692. The van der Waals surface area contributed by atoms with Crippen LogP contribution in [-0.4, -0.2) is 15.7 Å². The van der Waals surface area contributed by atoms with E-state index in [1.165, 1.54) is 16.8 Å². The fraction of sp³-hybridized carbons (Fsp3) is 0.214. The molecule has 1 heterocycles. The third-order valence-corrected chi connectivity index (χ3v) is 2.66. The number of nitrogens with two attached hydrogens (primary N) is 1. The number of hydrogen-bond donors (Lipinski definition) is 1. The number of hydrogen-bond acceptors (Lipinski definition) is 4. The zero-order valence-electron chi connectivity index (χ0n) is 11.2. The second kappa shape index (κ2) is 5.56. The average Bonchev–Trinajstić information content (AvgIpc) is 2.41. The number of benzene rings is 1. The highest BCUT2D eigenvalue weighted by molar-refractivity contribution is 5.95. The number of ether oxygens (including phenoxy) is 1. The van der Waals surface area contributed by atoms with E-state index in [2.05, 4.69) is 5.10 Å². The maximum atomic E-state index is 11.6. The molecule has 104 valence electrons. The summed E-state index contributed by atoms with van der Waals surface area (Å²) in [7, 11) is 0. The molecular formula is C14H15N3O3. The molecule has 1 aromatic heterocycles. The van der Waals surface area contributed by atoms with Crippen LogP contribution in [0.1, 0.15) is 30.2 Å². The molecule has 0 atom stereocenters. The van der Waals surface area contributed by atoms with Crippen LogP contribution in [0, 0.1) is 0 Å². The Morgan fingerprint density at radius 3 is 2.60 bits per heavy atom. The average molecular weight is 273 g/mol. The van der Waals surface area contributed by atoms with Crippen LogP contribution in [0.3, 0.4) is 0 Å². The van der Waals surface area contributed by atoms with Crippen LogP contribution in [-0.2, 0) is 0 Å². The normalized spacial score (nSPS) is 10.6. The second-order valence-corrected chi connectivity index (χ2v) is 4.51. The minimum atomic E-state index is -0.585. The summed E-state index contributed by atoms with van der Waals surface area (Å²) in [5, 5.41) is 4.10. The van der Waals surface area contributed by atoms with Crippen molar-refractivity contribution in [3.05, 3.63) is 52.3 Å². The lowest BCUT2D eigenvalue weighted by molar-refractivity contribution is 0.0998. The maximum absolute atomic E-state index is 11.6. The monoisotopic (exact) mass is 273 g/mol. The van der Waals surface area contributed by atoms with Gasteiger partial charge < -0.3 is 10.5 Å². The van der Waals surface area contributed by atoms with Crippen LogP contribution in [0.25, 0.3) is 0 Å². The number of rotatable bonds is 4. The molecule has 0 saturated carbocycles. The van der Waals surface area contributed by atoms with Gasteiger partial charge in [-0.3, -0.25) is 9.59 Å². The molecule has 0 spiro atoms. The summed E-state index contributed by atoms with van der Waals surface area (Å²) in [4.78, 5) is 22.9. The van der Waals surface area contributed by atoms with Crippen LogP contribution in [0.2, 0.25) is 0 Å². The molecule has 0 unspecified atom stereocenters. The van der Waals surface area contributed by atoms with Crippen molar-refractivity contribution in [2.24, 2.45) is 5.73 Å². The van der Waals surface area contributed by atoms with E-state index in [4.69, 9.17) is 10.5 Å². The second-order valence-electron chi connectivity index (χ2n) is 4.51. The molecule has 1 amide bonds. The van der Waals surface area contributed by atoms with Crippen molar-refractivity contribution < 1.29 is 9.53 Å². The summed E-state index contributed by atoms with van der Waals surface area (Å²) < 4.78 is 6.85. The number of nitrogens with zero attached hydrogens (tertiary/aromatic N) is 2. The lowest BCUT2D eigenvalue weighted by Gasteiger charge is -2.11. The van der Waals surface area contributed by atoms with E-state index in [0.717, 1.165) is 0 Å². The van der Waals surface area contributed by atoms with E-state index in [-0.39, 0.29) is 23.0 Å². The van der Waals surface area contributed by atoms with E-state index < -0.39 is 5.91 Å². The molecule has 2 aromatic rings. The molecule has 0 fully saturated rings. The first-order chi connectivity index (χ1) is 9.49. The number of carbonyl (C=O) groups excluding carboxylic acids is 1. The molecule has 6 nitrogen and oxygen atoms in total. The van der Waals surface area contributed by atoms with Gasteiger partial charge in [0.1, 0.15) is 5.75 Å². The van der Waals surface area contributed by atoms with Crippen molar-refractivity contribution in [3.63, 3.8) is 0 Å². The minimum absolute atomic E-state index is 0.0857. The topological polar surface area (TPSA) is 87.2 Å². The van der Waals surface area contributed by atoms with Gasteiger partial charge in [-0.1, -0.05) is 12.1 Å². The van der Waals surface area contributed by atoms with Crippen LogP contribution in [0.15, 0.2) is 41.2 Å². The van der Waals surface area contributed by atoms with Gasteiger partial charge in [-0.05, 0) is 26.0 Å². The smallest absolute Gasteiger partial charge is 0.267 e. The fourth-order valence-electron chi connectivity index (χ4n) is 1.70. The number of para-hydroxylation sites is 1. The minimum Gasteiger partial charge on any atom is -0.437 e. The highest BCUT2D eigenvalue weighted by atomic mass is 16.5. The molecular weight excluding hydrogens is 258 g/mol. The molecule has 2 rings (SSSR count). The van der Waals surface area contributed by atoms with Gasteiger partial charge in [0.15, 0.2) is 0 Å². The Labute approximate surface area is 115 Å². The molecule has 0 aliphatic heterocycles. The van der Waals surface area contributed by atoms with E-state index in [0.29, 0.717) is 5.75 Å². The standard InChI is InChI=1S/C14H15N3O3/c1-9(2)17-13(18)8-7-12(16-17)20-11-6-4-3-5-10(11)14(15)19/h3-9H,1-2H3,(H2,15,19). The van der Waals surface area contributed by atoms with Crippen molar-refractivity contribution in [2.75, 3.05) is 0 Å². The van der Waals surface area contributed by atoms with Gasteiger partial charge in [0.2, 0.25) is 5.88 Å². The van der Waals surface area contributed by atoms with Crippen molar-refractivity contribution in [1.29, 1.82) is 0 Å². The molecule has 0 bridgehead atoms. The van der Waals surface area contributed by atoms with Gasteiger partial charge in [0, 0.05) is 12.1 Å². The van der Waals surface area contributed by atoms with Crippen LogP contribution >= 0.6 is 0 Å². The van der Waals surface area contributed by atoms with Crippen molar-refractivity contribution in [3.8, 4) is 11.6 Å². The molecule has 1 aromatic carbocycles. The SMILES string of the molecule is CC(C)n1nc(Oc2ccccc2C(N)=O)ccc1=O. The highest BCUT2D eigenvalue weighted by Gasteiger charge is 2.11. The molecule has 6 heteroatoms. The third kappa shape index (κ3) is 2.85. The summed E-state index contributed by atoms with van der Waals surface area (Å²) >= 11 is 0. The lowest BCUT2D eigenvalue weighted by Crippen LogP contribution is -2.23.